The van der Waals surface area contributed by atoms with E-state index in [9.17, 15) is 4.79 Å². The van der Waals surface area contributed by atoms with Gasteiger partial charge < -0.3 is 9.88 Å². The number of carbonyl (C=O) groups is 1. The molecule has 0 bridgehead atoms. The maximum atomic E-state index is 11.7. The summed E-state index contributed by atoms with van der Waals surface area (Å²) >= 11 is 0. The van der Waals surface area contributed by atoms with Gasteiger partial charge in [0.05, 0.1) is 0 Å². The SMILES string of the molecule is CCCn1ccc2cnc(Nc3cccc(C(=N)C(=O)CC)c3)nc21. The van der Waals surface area contributed by atoms with Gasteiger partial charge in [-0.15, -0.1) is 0 Å². The molecule has 0 fully saturated rings. The molecule has 0 unspecified atom stereocenters. The monoisotopic (exact) mass is 335 g/mol. The molecule has 3 aromatic rings. The number of carbonyl (C=O) groups excluding carboxylic acids is 1. The van der Waals surface area contributed by atoms with Crippen LogP contribution in [0.3, 0.4) is 0 Å². The lowest BCUT2D eigenvalue weighted by Crippen LogP contribution is -2.12. The Morgan fingerprint density at radius 1 is 1.28 bits per heavy atom. The van der Waals surface area contributed by atoms with E-state index in [4.69, 9.17) is 5.41 Å². The maximum absolute atomic E-state index is 11.7. The highest BCUT2D eigenvalue weighted by Gasteiger charge is 2.11. The van der Waals surface area contributed by atoms with Gasteiger partial charge in [-0.05, 0) is 24.6 Å². The number of hydrogen-bond acceptors (Lipinski definition) is 5. The molecule has 2 aromatic heterocycles. The summed E-state index contributed by atoms with van der Waals surface area (Å²) in [5.74, 6) is 0.321. The van der Waals surface area contributed by atoms with Crippen LogP contribution in [0.5, 0.6) is 0 Å². The van der Waals surface area contributed by atoms with Crippen LogP contribution in [0.15, 0.2) is 42.7 Å². The van der Waals surface area contributed by atoms with Crippen molar-refractivity contribution < 1.29 is 4.79 Å². The average molecular weight is 335 g/mol. The van der Waals surface area contributed by atoms with Crippen molar-refractivity contribution in [2.24, 2.45) is 0 Å². The zero-order chi connectivity index (χ0) is 17.8. The fourth-order valence-electron chi connectivity index (χ4n) is 2.67. The van der Waals surface area contributed by atoms with E-state index in [0.717, 1.165) is 29.7 Å². The minimum Gasteiger partial charge on any atom is -0.332 e. The summed E-state index contributed by atoms with van der Waals surface area (Å²) in [5, 5.41) is 12.1. The molecule has 25 heavy (non-hydrogen) atoms. The number of nitrogens with zero attached hydrogens (tertiary/aromatic N) is 3. The zero-order valence-electron chi connectivity index (χ0n) is 14.4. The van der Waals surface area contributed by atoms with Crippen LogP contribution in [0.2, 0.25) is 0 Å². The van der Waals surface area contributed by atoms with Crippen molar-refractivity contribution in [1.82, 2.24) is 14.5 Å². The fourth-order valence-corrected chi connectivity index (χ4v) is 2.67. The number of hydrogen-bond donors (Lipinski definition) is 2. The standard InChI is InChI=1S/C19H21N5O/c1-3-9-24-10-8-14-12-21-19(23-18(14)24)22-15-7-5-6-13(11-15)17(20)16(25)4-2/h5-8,10-12,20H,3-4,9H2,1-2H3,(H,21,22,23). The number of aryl methyl sites for hydroxylation is 1. The Bertz CT molecular complexity index is 928. The summed E-state index contributed by atoms with van der Waals surface area (Å²) < 4.78 is 2.11. The van der Waals surface area contributed by atoms with Crippen LogP contribution in [0.1, 0.15) is 32.3 Å². The molecule has 0 radical (unpaired) electrons. The second-order valence-electron chi connectivity index (χ2n) is 5.84. The fraction of sp³-hybridized carbons (Fsp3) is 0.263. The van der Waals surface area contributed by atoms with Gasteiger partial charge in [-0.25, -0.2) is 4.98 Å². The molecule has 1 aromatic carbocycles. The molecular formula is C19H21N5O. The third-order valence-corrected chi connectivity index (χ3v) is 3.97. The quantitative estimate of drug-likeness (QED) is 0.641. The molecule has 0 atom stereocenters. The van der Waals surface area contributed by atoms with E-state index < -0.39 is 0 Å². The van der Waals surface area contributed by atoms with Crippen LogP contribution in [-0.4, -0.2) is 26.0 Å². The zero-order valence-corrected chi connectivity index (χ0v) is 14.4. The second-order valence-corrected chi connectivity index (χ2v) is 5.84. The predicted molar refractivity (Wildman–Crippen MR) is 99.7 cm³/mol. The number of fused-ring (bicyclic) bond motifs is 1. The minimum absolute atomic E-state index is 0.0272. The second kappa shape index (κ2) is 7.25. The van der Waals surface area contributed by atoms with Gasteiger partial charge in [0.1, 0.15) is 11.4 Å². The minimum atomic E-state index is -0.174. The van der Waals surface area contributed by atoms with Crippen LogP contribution in [-0.2, 0) is 11.3 Å². The molecule has 0 saturated heterocycles. The summed E-state index contributed by atoms with van der Waals surface area (Å²) in [6.45, 7) is 4.80. The Morgan fingerprint density at radius 2 is 2.12 bits per heavy atom. The lowest BCUT2D eigenvalue weighted by Gasteiger charge is -2.08. The van der Waals surface area contributed by atoms with Crippen molar-refractivity contribution in [3.05, 3.63) is 48.3 Å². The highest BCUT2D eigenvalue weighted by Crippen LogP contribution is 2.19. The number of ketones is 1. The van der Waals surface area contributed by atoms with Gasteiger partial charge in [-0.2, -0.15) is 4.98 Å². The molecule has 128 valence electrons. The van der Waals surface area contributed by atoms with Gasteiger partial charge in [0, 0.05) is 42.0 Å². The molecule has 0 amide bonds. The largest absolute Gasteiger partial charge is 0.332 e. The molecule has 0 aliphatic rings. The van der Waals surface area contributed by atoms with Gasteiger partial charge in [0.25, 0.3) is 0 Å². The van der Waals surface area contributed by atoms with Crippen LogP contribution in [0.4, 0.5) is 11.6 Å². The van der Waals surface area contributed by atoms with Gasteiger partial charge in [0.2, 0.25) is 5.95 Å². The van der Waals surface area contributed by atoms with Gasteiger partial charge in [-0.1, -0.05) is 26.0 Å². The summed E-state index contributed by atoms with van der Waals surface area (Å²) in [7, 11) is 0. The van der Waals surface area contributed by atoms with E-state index in [-0.39, 0.29) is 11.5 Å². The van der Waals surface area contributed by atoms with E-state index in [0.29, 0.717) is 17.9 Å². The van der Waals surface area contributed by atoms with E-state index in [1.165, 1.54) is 0 Å². The van der Waals surface area contributed by atoms with Crippen LogP contribution in [0, 0.1) is 5.41 Å². The number of rotatable bonds is 7. The van der Waals surface area contributed by atoms with Crippen molar-refractivity contribution in [1.29, 1.82) is 5.41 Å². The van der Waals surface area contributed by atoms with Crippen molar-refractivity contribution in [2.45, 2.75) is 33.2 Å². The third kappa shape index (κ3) is 3.57. The van der Waals surface area contributed by atoms with Gasteiger partial charge in [0.15, 0.2) is 5.78 Å². The lowest BCUT2D eigenvalue weighted by atomic mass is 10.0. The van der Waals surface area contributed by atoms with Gasteiger partial charge in [-0.3, -0.25) is 10.2 Å². The predicted octanol–water partition coefficient (Wildman–Crippen LogP) is 3.93. The first-order chi connectivity index (χ1) is 12.1. The van der Waals surface area contributed by atoms with Crippen LogP contribution in [0.25, 0.3) is 11.0 Å². The lowest BCUT2D eigenvalue weighted by molar-refractivity contribution is -0.112. The first kappa shape index (κ1) is 16.8. The molecule has 0 aliphatic heterocycles. The van der Waals surface area contributed by atoms with E-state index in [2.05, 4.69) is 26.8 Å². The molecule has 2 heterocycles. The Morgan fingerprint density at radius 3 is 2.88 bits per heavy atom. The van der Waals surface area contributed by atoms with Crippen molar-refractivity contribution in [3.63, 3.8) is 0 Å². The van der Waals surface area contributed by atoms with E-state index in [1.54, 1.807) is 25.3 Å². The molecule has 0 aliphatic carbocycles. The first-order valence-corrected chi connectivity index (χ1v) is 8.43. The summed E-state index contributed by atoms with van der Waals surface area (Å²) in [5.41, 5.74) is 2.26. The summed E-state index contributed by atoms with van der Waals surface area (Å²) in [6, 6.07) is 9.22. The number of Topliss-reactive ketones (excluding diaryl/α,β-unsaturated/α-hetero) is 1. The average Bonchev–Trinajstić information content (AvgIpc) is 3.03. The Balaban J connectivity index is 1.87. The molecule has 0 saturated carbocycles. The highest BCUT2D eigenvalue weighted by molar-refractivity contribution is 6.44. The van der Waals surface area contributed by atoms with Crippen molar-refractivity contribution in [2.75, 3.05) is 5.32 Å². The normalized spacial score (nSPS) is 10.8. The van der Waals surface area contributed by atoms with E-state index in [1.807, 2.05) is 24.4 Å². The Labute approximate surface area is 146 Å². The van der Waals surface area contributed by atoms with Crippen molar-refractivity contribution in [3.8, 4) is 0 Å². The van der Waals surface area contributed by atoms with Crippen LogP contribution >= 0.6 is 0 Å². The van der Waals surface area contributed by atoms with Gasteiger partial charge >= 0.3 is 0 Å². The smallest absolute Gasteiger partial charge is 0.229 e. The Hall–Kier alpha value is -3.02. The first-order valence-electron chi connectivity index (χ1n) is 8.43. The summed E-state index contributed by atoms with van der Waals surface area (Å²) in [4.78, 5) is 20.7. The molecule has 6 heteroatoms. The van der Waals surface area contributed by atoms with E-state index >= 15 is 0 Å². The molecule has 3 rings (SSSR count). The Kier molecular flexibility index (Phi) is 4.88. The number of aromatic nitrogens is 3. The molecular weight excluding hydrogens is 314 g/mol. The number of nitrogens with one attached hydrogen (secondary N) is 2. The molecule has 6 nitrogen and oxygen atoms in total. The summed E-state index contributed by atoms with van der Waals surface area (Å²) in [6.07, 6.45) is 5.17. The third-order valence-electron chi connectivity index (χ3n) is 3.97. The van der Waals surface area contributed by atoms with Crippen molar-refractivity contribution >= 4 is 34.2 Å². The molecule has 0 spiro atoms. The topological polar surface area (TPSA) is 83.7 Å². The number of anilines is 2. The van der Waals surface area contributed by atoms with Crippen LogP contribution < -0.4 is 5.32 Å². The molecule has 2 N–H and O–H groups in total. The highest BCUT2D eigenvalue weighted by atomic mass is 16.1. The number of benzene rings is 1. The maximum Gasteiger partial charge on any atom is 0.229 e.